The van der Waals surface area contributed by atoms with E-state index in [-0.39, 0.29) is 23.1 Å². The molecule has 8 heteroatoms. The molecule has 0 spiro atoms. The standard InChI is InChI=1S/C17H17ClN2O4S/c1-11-3-5-13(8-14(11)18)19-17(21)10-25-9-12-4-6-16(24-2)15(7-12)20(22)23/h3-8H,9-10H2,1-2H3,(H,19,21). The van der Waals surface area contributed by atoms with E-state index in [0.717, 1.165) is 11.1 Å². The van der Waals surface area contributed by atoms with Crippen LogP contribution in [0.3, 0.4) is 0 Å². The van der Waals surface area contributed by atoms with Gasteiger partial charge in [0.2, 0.25) is 5.91 Å². The Labute approximate surface area is 154 Å². The number of nitro groups is 1. The first-order valence-electron chi connectivity index (χ1n) is 7.35. The van der Waals surface area contributed by atoms with Crippen molar-refractivity contribution in [1.82, 2.24) is 0 Å². The van der Waals surface area contributed by atoms with Gasteiger partial charge in [-0.05, 0) is 36.2 Å². The second-order valence-corrected chi connectivity index (χ2v) is 6.66. The first-order chi connectivity index (χ1) is 11.9. The van der Waals surface area contributed by atoms with Gasteiger partial charge in [0.1, 0.15) is 0 Å². The van der Waals surface area contributed by atoms with Gasteiger partial charge in [-0.25, -0.2) is 0 Å². The summed E-state index contributed by atoms with van der Waals surface area (Å²) < 4.78 is 4.97. The number of rotatable bonds is 7. The smallest absolute Gasteiger partial charge is 0.311 e. The number of ether oxygens (including phenoxy) is 1. The van der Waals surface area contributed by atoms with Crippen molar-refractivity contribution in [3.8, 4) is 5.75 Å². The number of amides is 1. The summed E-state index contributed by atoms with van der Waals surface area (Å²) in [7, 11) is 1.39. The Hall–Kier alpha value is -2.25. The maximum Gasteiger partial charge on any atom is 0.311 e. The number of nitrogens with zero attached hydrogens (tertiary/aromatic N) is 1. The van der Waals surface area contributed by atoms with Crippen molar-refractivity contribution in [2.24, 2.45) is 0 Å². The van der Waals surface area contributed by atoms with Gasteiger partial charge in [0.25, 0.3) is 0 Å². The second kappa shape index (κ2) is 8.73. The van der Waals surface area contributed by atoms with Gasteiger partial charge in [-0.2, -0.15) is 0 Å². The Morgan fingerprint density at radius 3 is 2.72 bits per heavy atom. The third-order valence-corrected chi connectivity index (χ3v) is 4.81. The molecule has 1 amide bonds. The van der Waals surface area contributed by atoms with E-state index in [1.54, 1.807) is 24.3 Å². The molecule has 2 rings (SSSR count). The average molecular weight is 381 g/mol. The number of carbonyl (C=O) groups excluding carboxylic acids is 1. The molecule has 0 atom stereocenters. The summed E-state index contributed by atoms with van der Waals surface area (Å²) >= 11 is 7.39. The summed E-state index contributed by atoms with van der Waals surface area (Å²) in [5.74, 6) is 0.763. The van der Waals surface area contributed by atoms with E-state index in [4.69, 9.17) is 16.3 Å². The van der Waals surface area contributed by atoms with Crippen LogP contribution in [0.2, 0.25) is 5.02 Å². The molecular formula is C17H17ClN2O4S. The Balaban J connectivity index is 1.89. The van der Waals surface area contributed by atoms with Gasteiger partial charge in [0.15, 0.2) is 5.75 Å². The molecule has 0 saturated heterocycles. The topological polar surface area (TPSA) is 81.5 Å². The lowest BCUT2D eigenvalue weighted by atomic mass is 10.2. The number of hydrogen-bond acceptors (Lipinski definition) is 5. The third-order valence-electron chi connectivity index (χ3n) is 3.40. The minimum Gasteiger partial charge on any atom is -0.490 e. The van der Waals surface area contributed by atoms with Crippen LogP contribution in [0.15, 0.2) is 36.4 Å². The molecule has 2 aromatic rings. The van der Waals surface area contributed by atoms with Crippen LogP contribution in [0, 0.1) is 17.0 Å². The highest BCUT2D eigenvalue weighted by Gasteiger charge is 2.15. The number of methoxy groups -OCH3 is 1. The molecule has 0 aliphatic heterocycles. The van der Waals surface area contributed by atoms with Crippen molar-refractivity contribution >= 4 is 40.6 Å². The van der Waals surface area contributed by atoms with Crippen molar-refractivity contribution in [2.45, 2.75) is 12.7 Å². The van der Waals surface area contributed by atoms with Crippen LogP contribution in [0.25, 0.3) is 0 Å². The van der Waals surface area contributed by atoms with Crippen LogP contribution < -0.4 is 10.1 Å². The summed E-state index contributed by atoms with van der Waals surface area (Å²) in [5, 5.41) is 14.4. The molecule has 25 heavy (non-hydrogen) atoms. The lowest BCUT2D eigenvalue weighted by Gasteiger charge is -2.07. The van der Waals surface area contributed by atoms with Gasteiger partial charge in [0.05, 0.1) is 17.8 Å². The normalized spacial score (nSPS) is 10.4. The van der Waals surface area contributed by atoms with Crippen molar-refractivity contribution < 1.29 is 14.5 Å². The first kappa shape index (κ1) is 19.1. The van der Waals surface area contributed by atoms with E-state index >= 15 is 0 Å². The summed E-state index contributed by atoms with van der Waals surface area (Å²) in [5.41, 5.74) is 2.25. The zero-order chi connectivity index (χ0) is 18.4. The van der Waals surface area contributed by atoms with E-state index in [9.17, 15) is 14.9 Å². The number of carbonyl (C=O) groups is 1. The molecule has 0 unspecified atom stereocenters. The molecule has 132 valence electrons. The van der Waals surface area contributed by atoms with E-state index in [2.05, 4.69) is 5.32 Å². The quantitative estimate of drug-likeness (QED) is 0.567. The molecule has 0 aliphatic rings. The van der Waals surface area contributed by atoms with E-state index in [1.165, 1.54) is 24.9 Å². The van der Waals surface area contributed by atoms with Crippen LogP contribution >= 0.6 is 23.4 Å². The van der Waals surface area contributed by atoms with Crippen molar-refractivity contribution in [2.75, 3.05) is 18.2 Å². The molecular weight excluding hydrogens is 364 g/mol. The van der Waals surface area contributed by atoms with E-state index in [1.807, 2.05) is 13.0 Å². The van der Waals surface area contributed by atoms with Crippen molar-refractivity contribution in [3.63, 3.8) is 0 Å². The fraction of sp³-hybridized carbons (Fsp3) is 0.235. The summed E-state index contributed by atoms with van der Waals surface area (Å²) in [6.45, 7) is 1.89. The number of halogens is 1. The average Bonchev–Trinajstić information content (AvgIpc) is 2.58. The Kier molecular flexibility index (Phi) is 6.66. The Bertz CT molecular complexity index is 798. The van der Waals surface area contributed by atoms with Crippen molar-refractivity contribution in [1.29, 1.82) is 0 Å². The molecule has 0 radical (unpaired) electrons. The highest BCUT2D eigenvalue weighted by molar-refractivity contribution is 7.99. The van der Waals surface area contributed by atoms with Gasteiger partial charge in [-0.15, -0.1) is 11.8 Å². The third kappa shape index (κ3) is 5.37. The Morgan fingerprint density at radius 1 is 1.32 bits per heavy atom. The fourth-order valence-corrected chi connectivity index (χ4v) is 3.05. The van der Waals surface area contributed by atoms with Gasteiger partial charge >= 0.3 is 5.69 Å². The number of hydrogen-bond donors (Lipinski definition) is 1. The SMILES string of the molecule is COc1ccc(CSCC(=O)Nc2ccc(C)c(Cl)c2)cc1[N+](=O)[O-]. The zero-order valence-electron chi connectivity index (χ0n) is 13.7. The summed E-state index contributed by atoms with van der Waals surface area (Å²) in [6.07, 6.45) is 0. The highest BCUT2D eigenvalue weighted by atomic mass is 35.5. The minimum atomic E-state index is -0.485. The Morgan fingerprint density at radius 2 is 2.08 bits per heavy atom. The van der Waals surface area contributed by atoms with Gasteiger partial charge < -0.3 is 10.1 Å². The molecule has 0 fully saturated rings. The number of nitro benzene ring substituents is 1. The number of aryl methyl sites for hydroxylation is 1. The predicted molar refractivity (Wildman–Crippen MR) is 101 cm³/mol. The van der Waals surface area contributed by atoms with Crippen LogP contribution in [0.1, 0.15) is 11.1 Å². The largest absolute Gasteiger partial charge is 0.490 e. The maximum absolute atomic E-state index is 12.0. The molecule has 2 aromatic carbocycles. The molecule has 0 aromatic heterocycles. The molecule has 0 aliphatic carbocycles. The number of benzene rings is 2. The van der Waals surface area contributed by atoms with Crippen LogP contribution in [-0.2, 0) is 10.5 Å². The van der Waals surface area contributed by atoms with Gasteiger partial charge in [-0.1, -0.05) is 23.7 Å². The van der Waals surface area contributed by atoms with Crippen LogP contribution in [0.5, 0.6) is 5.75 Å². The molecule has 0 heterocycles. The zero-order valence-corrected chi connectivity index (χ0v) is 15.3. The molecule has 0 saturated carbocycles. The van der Waals surface area contributed by atoms with Gasteiger partial charge in [0, 0.05) is 22.5 Å². The molecule has 1 N–H and O–H groups in total. The predicted octanol–water partition coefficient (Wildman–Crippen LogP) is 4.44. The number of nitrogens with one attached hydrogen (secondary N) is 1. The number of thioether (sulfide) groups is 1. The first-order valence-corrected chi connectivity index (χ1v) is 8.89. The summed E-state index contributed by atoms with van der Waals surface area (Å²) in [6, 6.07) is 10.1. The second-order valence-electron chi connectivity index (χ2n) is 5.27. The maximum atomic E-state index is 12.0. The lowest BCUT2D eigenvalue weighted by molar-refractivity contribution is -0.385. The van der Waals surface area contributed by atoms with E-state index < -0.39 is 4.92 Å². The van der Waals surface area contributed by atoms with Crippen molar-refractivity contribution in [3.05, 3.63) is 62.7 Å². The van der Waals surface area contributed by atoms with Gasteiger partial charge in [-0.3, -0.25) is 14.9 Å². The summed E-state index contributed by atoms with van der Waals surface area (Å²) in [4.78, 5) is 22.5. The lowest BCUT2D eigenvalue weighted by Crippen LogP contribution is -2.14. The monoisotopic (exact) mass is 380 g/mol. The highest BCUT2D eigenvalue weighted by Crippen LogP contribution is 2.29. The van der Waals surface area contributed by atoms with Crippen LogP contribution in [0.4, 0.5) is 11.4 Å². The number of anilines is 1. The van der Waals surface area contributed by atoms with E-state index in [0.29, 0.717) is 16.5 Å². The van der Waals surface area contributed by atoms with Crippen LogP contribution in [-0.4, -0.2) is 23.7 Å². The molecule has 6 nitrogen and oxygen atoms in total. The minimum absolute atomic E-state index is 0.0839. The fourth-order valence-electron chi connectivity index (χ4n) is 2.10. The molecule has 0 bridgehead atoms.